The van der Waals surface area contributed by atoms with E-state index in [9.17, 15) is 0 Å². The molecule has 0 saturated heterocycles. The van der Waals surface area contributed by atoms with Crippen molar-refractivity contribution in [3.8, 4) is 17.1 Å². The summed E-state index contributed by atoms with van der Waals surface area (Å²) in [6.07, 6.45) is 9.08. The summed E-state index contributed by atoms with van der Waals surface area (Å²) in [5, 5.41) is 8.11. The van der Waals surface area contributed by atoms with Gasteiger partial charge in [0.15, 0.2) is 5.82 Å². The smallest absolute Gasteiger partial charge is 0.174 e. The Morgan fingerprint density at radius 1 is 0.952 bits per heavy atom. The van der Waals surface area contributed by atoms with Gasteiger partial charge in [-0.1, -0.05) is 0 Å². The van der Waals surface area contributed by atoms with E-state index in [1.807, 2.05) is 41.1 Å². The molecule has 0 spiro atoms. The molecule has 0 amide bonds. The summed E-state index contributed by atoms with van der Waals surface area (Å²) in [6.45, 7) is 0. The molecule has 4 rings (SSSR count). The summed E-state index contributed by atoms with van der Waals surface area (Å²) >= 11 is 2.28. The lowest BCUT2D eigenvalue weighted by Gasteiger charge is -1.99. The Balaban J connectivity index is 1.74. The Hall–Kier alpha value is -2.29. The number of hydrogen-bond donors (Lipinski definition) is 0. The third kappa shape index (κ3) is 2.29. The van der Waals surface area contributed by atoms with Crippen molar-refractivity contribution >= 4 is 28.2 Å². The van der Waals surface area contributed by atoms with Gasteiger partial charge in [0.1, 0.15) is 5.65 Å². The summed E-state index contributed by atoms with van der Waals surface area (Å²) in [6, 6.07) is 7.89. The van der Waals surface area contributed by atoms with E-state index in [-0.39, 0.29) is 0 Å². The van der Waals surface area contributed by atoms with E-state index in [4.69, 9.17) is 0 Å². The summed E-state index contributed by atoms with van der Waals surface area (Å²) in [4.78, 5) is 10.5. The SMILES string of the molecule is Ic1ccc2nc(-c3ccc(-n4nccn4)nc3)cn2c1. The number of halogens is 1. The standard InChI is InChI=1S/C14H9IN6/c15-11-2-4-14-19-12(9-20(14)8-11)10-1-3-13(16-7-10)21-17-5-6-18-21/h1-9H. The topological polar surface area (TPSA) is 60.9 Å². The Labute approximate surface area is 133 Å². The molecular formula is C14H9IN6. The fraction of sp³-hybridized carbons (Fsp3) is 0. The van der Waals surface area contributed by atoms with E-state index in [0.29, 0.717) is 5.82 Å². The normalized spacial score (nSPS) is 11.1. The maximum atomic E-state index is 4.60. The number of fused-ring (bicyclic) bond motifs is 1. The molecule has 7 heteroatoms. The monoisotopic (exact) mass is 388 g/mol. The second-order valence-corrected chi connectivity index (χ2v) is 5.71. The number of imidazole rings is 1. The molecule has 4 aromatic heterocycles. The van der Waals surface area contributed by atoms with Gasteiger partial charge in [-0.3, -0.25) is 0 Å². The van der Waals surface area contributed by atoms with Crippen LogP contribution in [0.4, 0.5) is 0 Å². The van der Waals surface area contributed by atoms with E-state index in [1.54, 1.807) is 18.6 Å². The third-order valence-corrected chi connectivity index (χ3v) is 3.72. The van der Waals surface area contributed by atoms with E-state index >= 15 is 0 Å². The van der Waals surface area contributed by atoms with Crippen LogP contribution in [0.1, 0.15) is 0 Å². The van der Waals surface area contributed by atoms with Gasteiger partial charge in [-0.2, -0.15) is 10.2 Å². The molecule has 0 saturated carbocycles. The van der Waals surface area contributed by atoms with Crippen molar-refractivity contribution in [2.75, 3.05) is 0 Å². The highest BCUT2D eigenvalue weighted by atomic mass is 127. The maximum Gasteiger partial charge on any atom is 0.174 e. The van der Waals surface area contributed by atoms with Gasteiger partial charge in [0.2, 0.25) is 0 Å². The molecule has 0 unspecified atom stereocenters. The van der Waals surface area contributed by atoms with Crippen molar-refractivity contribution < 1.29 is 0 Å². The molecule has 102 valence electrons. The van der Waals surface area contributed by atoms with Crippen LogP contribution in [0.5, 0.6) is 0 Å². The number of pyridine rings is 2. The molecule has 0 aliphatic rings. The first-order valence-electron chi connectivity index (χ1n) is 6.27. The van der Waals surface area contributed by atoms with Gasteiger partial charge in [-0.25, -0.2) is 9.97 Å². The van der Waals surface area contributed by atoms with Crippen LogP contribution in [-0.4, -0.2) is 29.4 Å². The molecule has 0 bridgehead atoms. The van der Waals surface area contributed by atoms with Crippen LogP contribution in [-0.2, 0) is 0 Å². The van der Waals surface area contributed by atoms with Gasteiger partial charge in [0, 0.05) is 27.7 Å². The van der Waals surface area contributed by atoms with Gasteiger partial charge < -0.3 is 4.40 Å². The second kappa shape index (κ2) is 4.92. The highest BCUT2D eigenvalue weighted by Gasteiger charge is 2.06. The van der Waals surface area contributed by atoms with E-state index < -0.39 is 0 Å². The fourth-order valence-corrected chi connectivity index (χ4v) is 2.57. The average molecular weight is 388 g/mol. The Kier molecular flexibility index (Phi) is 2.92. The summed E-state index contributed by atoms with van der Waals surface area (Å²) in [7, 11) is 0. The van der Waals surface area contributed by atoms with Crippen LogP contribution in [0.15, 0.2) is 55.2 Å². The Morgan fingerprint density at radius 3 is 2.57 bits per heavy atom. The quantitative estimate of drug-likeness (QED) is 0.496. The minimum atomic E-state index is 0.682. The molecule has 0 aliphatic heterocycles. The largest absolute Gasteiger partial charge is 0.305 e. The minimum absolute atomic E-state index is 0.682. The summed E-state index contributed by atoms with van der Waals surface area (Å²) in [5.74, 6) is 0.682. The average Bonchev–Trinajstić information content (AvgIpc) is 3.16. The number of hydrogen-bond acceptors (Lipinski definition) is 4. The number of rotatable bonds is 2. The zero-order valence-electron chi connectivity index (χ0n) is 10.8. The van der Waals surface area contributed by atoms with E-state index in [0.717, 1.165) is 16.9 Å². The lowest BCUT2D eigenvalue weighted by molar-refractivity contribution is 0.729. The van der Waals surface area contributed by atoms with Crippen molar-refractivity contribution in [2.45, 2.75) is 0 Å². The van der Waals surface area contributed by atoms with Crippen LogP contribution in [0.3, 0.4) is 0 Å². The lowest BCUT2D eigenvalue weighted by Crippen LogP contribution is -2.00. The Morgan fingerprint density at radius 2 is 1.81 bits per heavy atom. The maximum absolute atomic E-state index is 4.60. The first-order valence-corrected chi connectivity index (χ1v) is 7.35. The first kappa shape index (κ1) is 12.5. The fourth-order valence-electron chi connectivity index (χ4n) is 2.09. The lowest BCUT2D eigenvalue weighted by atomic mass is 10.2. The van der Waals surface area contributed by atoms with E-state index in [1.165, 1.54) is 8.37 Å². The highest BCUT2D eigenvalue weighted by Crippen LogP contribution is 2.19. The predicted molar refractivity (Wildman–Crippen MR) is 86.1 cm³/mol. The van der Waals surface area contributed by atoms with Gasteiger partial charge in [0.05, 0.1) is 18.1 Å². The second-order valence-electron chi connectivity index (χ2n) is 4.46. The van der Waals surface area contributed by atoms with Gasteiger partial charge in [0.25, 0.3) is 0 Å². The van der Waals surface area contributed by atoms with Crippen molar-refractivity contribution in [1.29, 1.82) is 0 Å². The predicted octanol–water partition coefficient (Wildman–Crippen LogP) is 2.58. The molecule has 6 nitrogen and oxygen atoms in total. The van der Waals surface area contributed by atoms with Crippen molar-refractivity contribution in [3.05, 3.63) is 58.8 Å². The highest BCUT2D eigenvalue weighted by molar-refractivity contribution is 14.1. The van der Waals surface area contributed by atoms with Crippen LogP contribution >= 0.6 is 22.6 Å². The molecule has 4 heterocycles. The van der Waals surface area contributed by atoms with Gasteiger partial charge in [-0.05, 0) is 46.9 Å². The van der Waals surface area contributed by atoms with Crippen molar-refractivity contribution in [1.82, 2.24) is 29.4 Å². The minimum Gasteiger partial charge on any atom is -0.305 e. The van der Waals surface area contributed by atoms with Crippen molar-refractivity contribution in [3.63, 3.8) is 0 Å². The van der Waals surface area contributed by atoms with Crippen LogP contribution < -0.4 is 0 Å². The molecule has 0 fully saturated rings. The zero-order chi connectivity index (χ0) is 14.2. The molecule has 0 radical (unpaired) electrons. The Bertz CT molecular complexity index is 895. The van der Waals surface area contributed by atoms with Gasteiger partial charge >= 0.3 is 0 Å². The van der Waals surface area contributed by atoms with Crippen molar-refractivity contribution in [2.24, 2.45) is 0 Å². The molecule has 0 aliphatic carbocycles. The first-order chi connectivity index (χ1) is 10.3. The molecule has 0 aromatic carbocycles. The van der Waals surface area contributed by atoms with Crippen LogP contribution in [0, 0.1) is 3.57 Å². The van der Waals surface area contributed by atoms with Crippen LogP contribution in [0.2, 0.25) is 0 Å². The zero-order valence-corrected chi connectivity index (χ0v) is 12.9. The summed E-state index contributed by atoms with van der Waals surface area (Å²) < 4.78 is 3.18. The molecule has 0 atom stereocenters. The molecule has 4 aromatic rings. The summed E-state index contributed by atoms with van der Waals surface area (Å²) in [5.41, 5.74) is 2.78. The molecule has 0 N–H and O–H groups in total. The molecule has 21 heavy (non-hydrogen) atoms. The van der Waals surface area contributed by atoms with Gasteiger partial charge in [-0.15, -0.1) is 4.80 Å². The van der Waals surface area contributed by atoms with Crippen LogP contribution in [0.25, 0.3) is 22.7 Å². The van der Waals surface area contributed by atoms with E-state index in [2.05, 4.69) is 42.8 Å². The molecular weight excluding hydrogens is 379 g/mol. The third-order valence-electron chi connectivity index (χ3n) is 3.08. The number of aromatic nitrogens is 6. The number of nitrogens with zero attached hydrogens (tertiary/aromatic N) is 6.